The third-order valence-electron chi connectivity index (χ3n) is 3.12. The Kier molecular flexibility index (Phi) is 2.75. The van der Waals surface area contributed by atoms with E-state index < -0.39 is 0 Å². The zero-order chi connectivity index (χ0) is 10.1. The predicted octanol–water partition coefficient (Wildman–Crippen LogP) is 3.46. The first-order valence-electron chi connectivity index (χ1n) is 5.07. The lowest BCUT2D eigenvalue weighted by Crippen LogP contribution is -2.30. The van der Waals surface area contributed by atoms with Gasteiger partial charge in [-0.25, -0.2) is 0 Å². The Morgan fingerprint density at radius 2 is 2.14 bits per heavy atom. The first-order chi connectivity index (χ1) is 6.68. The molecule has 0 N–H and O–H groups in total. The van der Waals surface area contributed by atoms with Crippen LogP contribution in [-0.4, -0.2) is 18.5 Å². The van der Waals surface area contributed by atoms with E-state index in [1.54, 1.807) is 11.1 Å². The van der Waals surface area contributed by atoms with Crippen molar-refractivity contribution in [2.75, 3.05) is 13.6 Å². The highest BCUT2D eigenvalue weighted by atomic mass is 32.1. The van der Waals surface area contributed by atoms with Crippen LogP contribution in [0.3, 0.4) is 0 Å². The summed E-state index contributed by atoms with van der Waals surface area (Å²) in [6.07, 6.45) is 1.20. The molecule has 1 unspecified atom stereocenters. The van der Waals surface area contributed by atoms with E-state index in [4.69, 9.17) is 0 Å². The van der Waals surface area contributed by atoms with Gasteiger partial charge in [-0.1, -0.05) is 17.2 Å². The van der Waals surface area contributed by atoms with E-state index in [0.717, 1.165) is 6.54 Å². The second-order valence-corrected chi connectivity index (χ2v) is 5.19. The highest BCUT2D eigenvalue weighted by Crippen LogP contribution is 2.34. The average molecular weight is 207 g/mol. The molecule has 0 radical (unpaired) electrons. The van der Waals surface area contributed by atoms with Crippen molar-refractivity contribution in [3.05, 3.63) is 33.5 Å². The Morgan fingerprint density at radius 3 is 2.79 bits per heavy atom. The van der Waals surface area contributed by atoms with Crippen LogP contribution in [0.1, 0.15) is 31.2 Å². The van der Waals surface area contributed by atoms with Crippen molar-refractivity contribution in [2.45, 2.75) is 26.3 Å². The summed E-state index contributed by atoms with van der Waals surface area (Å²) < 4.78 is 0. The van der Waals surface area contributed by atoms with Crippen LogP contribution in [0.15, 0.2) is 28.7 Å². The molecule has 1 aromatic rings. The maximum Gasteiger partial charge on any atom is 0.0478 e. The van der Waals surface area contributed by atoms with Crippen molar-refractivity contribution in [3.63, 3.8) is 0 Å². The lowest BCUT2D eigenvalue weighted by atomic mass is 9.96. The second kappa shape index (κ2) is 3.87. The van der Waals surface area contributed by atoms with Gasteiger partial charge in [-0.05, 0) is 38.8 Å². The largest absolute Gasteiger partial charge is 0.294 e. The van der Waals surface area contributed by atoms with Gasteiger partial charge < -0.3 is 0 Å². The lowest BCUT2D eigenvalue weighted by molar-refractivity contribution is 0.250. The van der Waals surface area contributed by atoms with Crippen molar-refractivity contribution in [1.29, 1.82) is 0 Å². The van der Waals surface area contributed by atoms with Gasteiger partial charge in [0.2, 0.25) is 0 Å². The van der Waals surface area contributed by atoms with E-state index in [1.165, 1.54) is 11.3 Å². The molecule has 2 heterocycles. The smallest absolute Gasteiger partial charge is 0.0478 e. The fraction of sp³-hybridized carbons (Fsp3) is 0.500. The van der Waals surface area contributed by atoms with Crippen molar-refractivity contribution >= 4 is 11.3 Å². The number of hydrogen-bond donors (Lipinski definition) is 0. The normalized spacial score (nSPS) is 24.4. The minimum Gasteiger partial charge on any atom is -0.294 e. The molecule has 2 rings (SSSR count). The predicted molar refractivity (Wildman–Crippen MR) is 62.7 cm³/mol. The third kappa shape index (κ3) is 1.77. The molecule has 0 amide bonds. The van der Waals surface area contributed by atoms with Crippen LogP contribution >= 0.6 is 11.3 Å². The third-order valence-corrected chi connectivity index (χ3v) is 4.09. The number of thiophene rings is 1. The Balaban J connectivity index is 2.23. The van der Waals surface area contributed by atoms with Gasteiger partial charge in [0.1, 0.15) is 0 Å². The molecule has 14 heavy (non-hydrogen) atoms. The summed E-state index contributed by atoms with van der Waals surface area (Å²) >= 11 is 1.87. The standard InChI is InChI=1S/C12H17NS/c1-9-7-11(12-5-4-6-14-12)13(3)8-10(9)2/h4-6,11H,7-8H2,1-3H3. The first-order valence-corrected chi connectivity index (χ1v) is 5.95. The zero-order valence-corrected chi connectivity index (χ0v) is 9.90. The summed E-state index contributed by atoms with van der Waals surface area (Å²) in [5, 5.41) is 2.17. The summed E-state index contributed by atoms with van der Waals surface area (Å²) in [5.74, 6) is 0. The second-order valence-electron chi connectivity index (χ2n) is 4.21. The summed E-state index contributed by atoms with van der Waals surface area (Å²) in [7, 11) is 2.22. The highest BCUT2D eigenvalue weighted by molar-refractivity contribution is 7.10. The molecule has 0 aromatic carbocycles. The van der Waals surface area contributed by atoms with Crippen LogP contribution < -0.4 is 0 Å². The van der Waals surface area contributed by atoms with Crippen LogP contribution in [0.4, 0.5) is 0 Å². The molecule has 0 saturated carbocycles. The lowest BCUT2D eigenvalue weighted by Gasteiger charge is -2.33. The Labute approximate surface area is 90.1 Å². The molecular weight excluding hydrogens is 190 g/mol. The van der Waals surface area contributed by atoms with Gasteiger partial charge in [-0.3, -0.25) is 4.90 Å². The van der Waals surface area contributed by atoms with Crippen molar-refractivity contribution < 1.29 is 0 Å². The Bertz CT molecular complexity index is 337. The molecule has 0 aliphatic carbocycles. The van der Waals surface area contributed by atoms with Gasteiger partial charge in [0.25, 0.3) is 0 Å². The fourth-order valence-electron chi connectivity index (χ4n) is 2.04. The van der Waals surface area contributed by atoms with E-state index in [-0.39, 0.29) is 0 Å². The maximum atomic E-state index is 2.45. The fourth-order valence-corrected chi connectivity index (χ4v) is 2.93. The summed E-state index contributed by atoms with van der Waals surface area (Å²) in [6.45, 7) is 5.63. The van der Waals surface area contributed by atoms with Crippen molar-refractivity contribution in [2.24, 2.45) is 0 Å². The quantitative estimate of drug-likeness (QED) is 0.637. The number of hydrogen-bond acceptors (Lipinski definition) is 2. The average Bonchev–Trinajstić information content (AvgIpc) is 2.64. The van der Waals surface area contributed by atoms with E-state index >= 15 is 0 Å². The molecule has 0 saturated heterocycles. The molecule has 1 aliphatic rings. The topological polar surface area (TPSA) is 3.24 Å². The Hall–Kier alpha value is -0.600. The Morgan fingerprint density at radius 1 is 1.36 bits per heavy atom. The summed E-state index contributed by atoms with van der Waals surface area (Å²) in [5.41, 5.74) is 3.11. The van der Waals surface area contributed by atoms with Crippen LogP contribution in [-0.2, 0) is 0 Å². The summed E-state index contributed by atoms with van der Waals surface area (Å²) in [4.78, 5) is 3.95. The summed E-state index contributed by atoms with van der Waals surface area (Å²) in [6, 6.07) is 5.01. The van der Waals surface area contributed by atoms with Crippen molar-refractivity contribution in [3.8, 4) is 0 Å². The molecule has 1 aliphatic heterocycles. The van der Waals surface area contributed by atoms with Crippen LogP contribution in [0.5, 0.6) is 0 Å². The SMILES string of the molecule is CC1=C(C)CN(C)C(c2cccs2)C1. The number of nitrogens with zero attached hydrogens (tertiary/aromatic N) is 1. The van der Waals surface area contributed by atoms with Crippen molar-refractivity contribution in [1.82, 2.24) is 4.90 Å². The van der Waals surface area contributed by atoms with Gasteiger partial charge in [-0.15, -0.1) is 11.3 Å². The molecule has 1 aromatic heterocycles. The molecule has 0 spiro atoms. The minimum atomic E-state index is 0.610. The molecule has 2 heteroatoms. The minimum absolute atomic E-state index is 0.610. The van der Waals surface area contributed by atoms with Gasteiger partial charge in [0.15, 0.2) is 0 Å². The maximum absolute atomic E-state index is 2.45. The molecule has 0 bridgehead atoms. The number of rotatable bonds is 1. The first kappa shape index (κ1) is 9.94. The van der Waals surface area contributed by atoms with Gasteiger partial charge in [0.05, 0.1) is 0 Å². The number of likely N-dealkylation sites (N-methyl/N-ethyl adjacent to an activating group) is 1. The molecule has 1 atom stereocenters. The van der Waals surface area contributed by atoms with Crippen LogP contribution in [0.2, 0.25) is 0 Å². The van der Waals surface area contributed by atoms with Gasteiger partial charge in [0, 0.05) is 17.5 Å². The van der Waals surface area contributed by atoms with E-state index in [2.05, 4.69) is 43.3 Å². The highest BCUT2D eigenvalue weighted by Gasteiger charge is 2.23. The van der Waals surface area contributed by atoms with Gasteiger partial charge >= 0.3 is 0 Å². The van der Waals surface area contributed by atoms with Crippen LogP contribution in [0, 0.1) is 0 Å². The zero-order valence-electron chi connectivity index (χ0n) is 9.08. The molecule has 76 valence electrons. The molecular formula is C12H17NS. The molecule has 1 nitrogen and oxygen atoms in total. The van der Waals surface area contributed by atoms with Crippen LogP contribution in [0.25, 0.3) is 0 Å². The van der Waals surface area contributed by atoms with Gasteiger partial charge in [-0.2, -0.15) is 0 Å². The van der Waals surface area contributed by atoms with E-state index in [0.29, 0.717) is 6.04 Å². The van der Waals surface area contributed by atoms with E-state index in [9.17, 15) is 0 Å². The monoisotopic (exact) mass is 207 g/mol. The molecule has 0 fully saturated rings. The van der Waals surface area contributed by atoms with E-state index in [1.807, 2.05) is 11.3 Å².